The zero-order chi connectivity index (χ0) is 16.3. The van der Waals surface area contributed by atoms with Gasteiger partial charge in [0, 0.05) is 31.3 Å². The Morgan fingerprint density at radius 1 is 1.27 bits per heavy atom. The highest BCUT2D eigenvalue weighted by atomic mass is 16.6. The SMILES string of the molecule is CCOC(C)CNC1CC2CCC(C1)N2C(=O)OC(C)(C)C. The Kier molecular flexibility index (Phi) is 5.72. The van der Waals surface area contributed by atoms with Crippen LogP contribution in [-0.4, -0.2) is 54.0 Å². The Hall–Kier alpha value is -0.810. The number of rotatable bonds is 5. The van der Waals surface area contributed by atoms with Crippen LogP contribution in [0.3, 0.4) is 0 Å². The molecule has 22 heavy (non-hydrogen) atoms. The van der Waals surface area contributed by atoms with E-state index in [0.717, 1.165) is 38.8 Å². The van der Waals surface area contributed by atoms with Crippen molar-refractivity contribution in [3.05, 3.63) is 0 Å². The summed E-state index contributed by atoms with van der Waals surface area (Å²) in [4.78, 5) is 14.4. The van der Waals surface area contributed by atoms with Gasteiger partial charge in [-0.1, -0.05) is 0 Å². The molecule has 2 aliphatic heterocycles. The number of amides is 1. The van der Waals surface area contributed by atoms with Crippen LogP contribution >= 0.6 is 0 Å². The number of carbonyl (C=O) groups excluding carboxylic acids is 1. The fraction of sp³-hybridized carbons (Fsp3) is 0.941. The molecule has 2 aliphatic rings. The number of carbonyl (C=O) groups is 1. The van der Waals surface area contributed by atoms with Crippen LogP contribution in [0.5, 0.6) is 0 Å². The van der Waals surface area contributed by atoms with Gasteiger partial charge in [-0.3, -0.25) is 0 Å². The average Bonchev–Trinajstić information content (AvgIpc) is 2.66. The van der Waals surface area contributed by atoms with Gasteiger partial charge in [-0.15, -0.1) is 0 Å². The van der Waals surface area contributed by atoms with Crippen molar-refractivity contribution < 1.29 is 14.3 Å². The number of fused-ring (bicyclic) bond motifs is 2. The highest BCUT2D eigenvalue weighted by molar-refractivity contribution is 5.69. The standard InChI is InChI=1S/C17H32N2O3/c1-6-21-12(2)11-18-13-9-14-7-8-15(10-13)19(14)16(20)22-17(3,4)5/h12-15,18H,6-11H2,1-5H3. The van der Waals surface area contributed by atoms with Gasteiger partial charge in [0.25, 0.3) is 0 Å². The van der Waals surface area contributed by atoms with E-state index < -0.39 is 5.60 Å². The lowest BCUT2D eigenvalue weighted by Gasteiger charge is -2.40. The Bertz CT molecular complexity index is 367. The molecule has 1 N–H and O–H groups in total. The van der Waals surface area contributed by atoms with Crippen molar-refractivity contribution in [2.75, 3.05) is 13.2 Å². The van der Waals surface area contributed by atoms with Crippen molar-refractivity contribution >= 4 is 6.09 Å². The predicted molar refractivity (Wildman–Crippen MR) is 87.0 cm³/mol. The van der Waals surface area contributed by atoms with E-state index in [9.17, 15) is 4.79 Å². The average molecular weight is 312 g/mol. The quantitative estimate of drug-likeness (QED) is 0.848. The zero-order valence-electron chi connectivity index (χ0n) is 14.7. The highest BCUT2D eigenvalue weighted by Crippen LogP contribution is 2.36. The summed E-state index contributed by atoms with van der Waals surface area (Å²) in [6.45, 7) is 11.5. The second kappa shape index (κ2) is 7.18. The molecule has 0 aromatic carbocycles. The van der Waals surface area contributed by atoms with Crippen molar-refractivity contribution in [3.8, 4) is 0 Å². The summed E-state index contributed by atoms with van der Waals surface area (Å²) < 4.78 is 11.1. The molecule has 0 aliphatic carbocycles. The molecule has 0 aromatic rings. The third-order valence-electron chi connectivity index (χ3n) is 4.48. The molecule has 3 unspecified atom stereocenters. The van der Waals surface area contributed by atoms with E-state index in [2.05, 4.69) is 12.2 Å². The topological polar surface area (TPSA) is 50.8 Å². The van der Waals surface area contributed by atoms with Crippen molar-refractivity contribution in [1.29, 1.82) is 0 Å². The maximum Gasteiger partial charge on any atom is 0.410 e. The molecule has 2 saturated heterocycles. The summed E-state index contributed by atoms with van der Waals surface area (Å²) >= 11 is 0. The van der Waals surface area contributed by atoms with Gasteiger partial charge < -0.3 is 19.7 Å². The summed E-state index contributed by atoms with van der Waals surface area (Å²) in [5, 5.41) is 3.61. The first kappa shape index (κ1) is 17.5. The van der Waals surface area contributed by atoms with Crippen LogP contribution in [0.25, 0.3) is 0 Å². The van der Waals surface area contributed by atoms with Gasteiger partial charge in [0.1, 0.15) is 5.60 Å². The van der Waals surface area contributed by atoms with E-state index in [1.807, 2.05) is 32.6 Å². The van der Waals surface area contributed by atoms with Crippen LogP contribution in [-0.2, 0) is 9.47 Å². The molecular weight excluding hydrogens is 280 g/mol. The molecule has 2 fully saturated rings. The van der Waals surface area contributed by atoms with Crippen LogP contribution < -0.4 is 5.32 Å². The third kappa shape index (κ3) is 4.59. The molecule has 5 nitrogen and oxygen atoms in total. The molecule has 128 valence electrons. The van der Waals surface area contributed by atoms with E-state index >= 15 is 0 Å². The molecule has 5 heteroatoms. The van der Waals surface area contributed by atoms with Crippen LogP contribution in [0.4, 0.5) is 4.79 Å². The lowest BCUT2D eigenvalue weighted by Crippen LogP contribution is -2.53. The minimum Gasteiger partial charge on any atom is -0.444 e. The monoisotopic (exact) mass is 312 g/mol. The number of piperidine rings is 1. The lowest BCUT2D eigenvalue weighted by molar-refractivity contribution is 0.00355. The molecule has 0 saturated carbocycles. The van der Waals surface area contributed by atoms with Crippen LogP contribution in [0.2, 0.25) is 0 Å². The molecular formula is C17H32N2O3. The van der Waals surface area contributed by atoms with Gasteiger partial charge in [0.2, 0.25) is 0 Å². The molecule has 2 rings (SSSR count). The molecule has 3 atom stereocenters. The smallest absolute Gasteiger partial charge is 0.410 e. The van der Waals surface area contributed by atoms with Crippen molar-refractivity contribution in [2.24, 2.45) is 0 Å². The first-order valence-corrected chi connectivity index (χ1v) is 8.66. The zero-order valence-corrected chi connectivity index (χ0v) is 14.7. The number of ether oxygens (including phenoxy) is 2. The largest absolute Gasteiger partial charge is 0.444 e. The summed E-state index contributed by atoms with van der Waals surface area (Å²) in [5.41, 5.74) is -0.418. The van der Waals surface area contributed by atoms with Gasteiger partial charge in [-0.25, -0.2) is 4.79 Å². The van der Waals surface area contributed by atoms with E-state index in [0.29, 0.717) is 18.1 Å². The maximum atomic E-state index is 12.4. The second-order valence-corrected chi connectivity index (χ2v) is 7.62. The van der Waals surface area contributed by atoms with Gasteiger partial charge >= 0.3 is 6.09 Å². The summed E-state index contributed by atoms with van der Waals surface area (Å²) in [6.07, 6.45) is 4.35. The fourth-order valence-electron chi connectivity index (χ4n) is 3.63. The number of hydrogen-bond acceptors (Lipinski definition) is 4. The van der Waals surface area contributed by atoms with E-state index in [1.165, 1.54) is 0 Å². The van der Waals surface area contributed by atoms with Gasteiger partial charge in [-0.2, -0.15) is 0 Å². The Morgan fingerprint density at radius 3 is 2.36 bits per heavy atom. The summed E-state index contributed by atoms with van der Waals surface area (Å²) in [7, 11) is 0. The van der Waals surface area contributed by atoms with E-state index in [1.54, 1.807) is 0 Å². The summed E-state index contributed by atoms with van der Waals surface area (Å²) in [6, 6.07) is 1.14. The fourth-order valence-corrected chi connectivity index (χ4v) is 3.63. The van der Waals surface area contributed by atoms with Gasteiger partial charge in [0.15, 0.2) is 0 Å². The van der Waals surface area contributed by atoms with Crippen LogP contribution in [0.1, 0.15) is 60.3 Å². The molecule has 2 heterocycles. The van der Waals surface area contributed by atoms with E-state index in [4.69, 9.17) is 9.47 Å². The Morgan fingerprint density at radius 2 is 1.86 bits per heavy atom. The number of hydrogen-bond donors (Lipinski definition) is 1. The highest BCUT2D eigenvalue weighted by Gasteiger charge is 2.44. The first-order chi connectivity index (χ1) is 10.3. The molecule has 2 bridgehead atoms. The Balaban J connectivity index is 1.85. The third-order valence-corrected chi connectivity index (χ3v) is 4.48. The van der Waals surface area contributed by atoms with E-state index in [-0.39, 0.29) is 12.2 Å². The number of nitrogens with one attached hydrogen (secondary N) is 1. The molecule has 0 radical (unpaired) electrons. The predicted octanol–water partition coefficient (Wildman–Crippen LogP) is 2.93. The number of nitrogens with zero attached hydrogens (tertiary/aromatic N) is 1. The van der Waals surface area contributed by atoms with Gasteiger partial charge in [-0.05, 0) is 60.3 Å². The molecule has 0 spiro atoms. The van der Waals surface area contributed by atoms with Gasteiger partial charge in [0.05, 0.1) is 6.10 Å². The first-order valence-electron chi connectivity index (χ1n) is 8.66. The molecule has 0 aromatic heterocycles. The van der Waals surface area contributed by atoms with Crippen molar-refractivity contribution in [3.63, 3.8) is 0 Å². The minimum atomic E-state index is -0.418. The van der Waals surface area contributed by atoms with Crippen LogP contribution in [0.15, 0.2) is 0 Å². The normalized spacial score (nSPS) is 29.5. The lowest BCUT2D eigenvalue weighted by atomic mass is 9.97. The van der Waals surface area contributed by atoms with Crippen molar-refractivity contribution in [2.45, 2.75) is 90.1 Å². The molecule has 1 amide bonds. The van der Waals surface area contributed by atoms with Crippen LogP contribution in [0, 0.1) is 0 Å². The van der Waals surface area contributed by atoms with Crippen molar-refractivity contribution in [1.82, 2.24) is 10.2 Å². The summed E-state index contributed by atoms with van der Waals surface area (Å²) in [5.74, 6) is 0. The Labute approximate surface area is 134 Å². The minimum absolute atomic E-state index is 0.138. The second-order valence-electron chi connectivity index (χ2n) is 7.62. The maximum absolute atomic E-state index is 12.4.